The van der Waals surface area contributed by atoms with E-state index in [1.165, 1.54) is 17.0 Å². The summed E-state index contributed by atoms with van der Waals surface area (Å²) in [6.45, 7) is 4.18. The Hall–Kier alpha value is -0.650. The summed E-state index contributed by atoms with van der Waals surface area (Å²) in [4.78, 5) is 13.4. The zero-order chi connectivity index (χ0) is 13.1. The Morgan fingerprint density at radius 2 is 2.00 bits per heavy atom. The zero-order valence-electron chi connectivity index (χ0n) is 10.9. The molecule has 2 rings (SSSR count). The standard InChI is InChI=1S/C13H18N2OS2/c1-10(2)12-13(16)15(18-14(12)3)9-17-11-7-5-4-6-8-11/h4-8,10,12H,9H2,1-3H3. The average molecular weight is 282 g/mol. The predicted octanol–water partition coefficient (Wildman–Crippen LogP) is 3.10. The minimum absolute atomic E-state index is 0.00590. The summed E-state index contributed by atoms with van der Waals surface area (Å²) in [6.07, 6.45) is 0. The molecule has 0 aliphatic carbocycles. The Kier molecular flexibility index (Phi) is 4.59. The Bertz CT molecular complexity index is 411. The van der Waals surface area contributed by atoms with E-state index in [1.807, 2.05) is 29.6 Å². The van der Waals surface area contributed by atoms with Crippen LogP contribution in [0.1, 0.15) is 13.8 Å². The van der Waals surface area contributed by atoms with Gasteiger partial charge in [-0.1, -0.05) is 32.0 Å². The molecule has 1 amide bonds. The van der Waals surface area contributed by atoms with Crippen LogP contribution in [0.5, 0.6) is 0 Å². The van der Waals surface area contributed by atoms with Crippen LogP contribution in [-0.4, -0.2) is 33.5 Å². The molecule has 1 aromatic rings. The van der Waals surface area contributed by atoms with Crippen LogP contribution in [-0.2, 0) is 4.79 Å². The molecule has 98 valence electrons. The third-order valence-corrected chi connectivity index (χ3v) is 4.99. The highest BCUT2D eigenvalue weighted by Gasteiger charge is 2.39. The summed E-state index contributed by atoms with van der Waals surface area (Å²) in [6, 6.07) is 10.2. The second kappa shape index (κ2) is 5.99. The van der Waals surface area contributed by atoms with Gasteiger partial charge in [0.25, 0.3) is 5.91 Å². The minimum Gasteiger partial charge on any atom is -0.272 e. The molecule has 0 bridgehead atoms. The summed E-state index contributed by atoms with van der Waals surface area (Å²) in [5.74, 6) is 1.27. The van der Waals surface area contributed by atoms with E-state index in [9.17, 15) is 4.79 Å². The van der Waals surface area contributed by atoms with Crippen molar-refractivity contribution in [2.24, 2.45) is 5.92 Å². The molecule has 1 unspecified atom stereocenters. The Labute approximate surface area is 117 Å². The third-order valence-electron chi connectivity index (χ3n) is 2.84. The molecule has 1 aliphatic rings. The van der Waals surface area contributed by atoms with E-state index in [0.29, 0.717) is 11.8 Å². The van der Waals surface area contributed by atoms with E-state index in [0.717, 1.165) is 0 Å². The van der Waals surface area contributed by atoms with Crippen LogP contribution in [0.4, 0.5) is 0 Å². The van der Waals surface area contributed by atoms with E-state index in [-0.39, 0.29) is 11.9 Å². The molecule has 0 N–H and O–H groups in total. The molecule has 0 spiro atoms. The highest BCUT2D eigenvalue weighted by Crippen LogP contribution is 2.34. The lowest BCUT2D eigenvalue weighted by atomic mass is 10.0. The monoisotopic (exact) mass is 282 g/mol. The first-order chi connectivity index (χ1) is 8.59. The molecular weight excluding hydrogens is 264 g/mol. The van der Waals surface area contributed by atoms with Crippen LogP contribution in [0.25, 0.3) is 0 Å². The topological polar surface area (TPSA) is 23.6 Å². The lowest BCUT2D eigenvalue weighted by Gasteiger charge is -2.17. The van der Waals surface area contributed by atoms with Gasteiger partial charge >= 0.3 is 0 Å². The maximum Gasteiger partial charge on any atom is 0.252 e. The van der Waals surface area contributed by atoms with Crippen molar-refractivity contribution in [1.82, 2.24) is 8.61 Å². The SMILES string of the molecule is CC(C)C1C(=O)N(CSc2ccccc2)SN1C. The Morgan fingerprint density at radius 1 is 1.33 bits per heavy atom. The Morgan fingerprint density at radius 3 is 2.56 bits per heavy atom. The highest BCUT2D eigenvalue weighted by molar-refractivity contribution is 8.01. The number of likely N-dealkylation sites (N-methyl/N-ethyl adjacent to an activating group) is 1. The van der Waals surface area contributed by atoms with Gasteiger partial charge in [0.05, 0.1) is 5.88 Å². The van der Waals surface area contributed by atoms with Gasteiger partial charge in [-0.2, -0.15) is 0 Å². The number of carbonyl (C=O) groups is 1. The van der Waals surface area contributed by atoms with Crippen molar-refractivity contribution >= 4 is 29.8 Å². The van der Waals surface area contributed by atoms with Crippen molar-refractivity contribution in [3.8, 4) is 0 Å². The van der Waals surface area contributed by atoms with Gasteiger partial charge in [-0.15, -0.1) is 11.8 Å². The molecule has 5 heteroatoms. The first-order valence-corrected chi connectivity index (χ1v) is 7.71. The van der Waals surface area contributed by atoms with E-state index in [1.54, 1.807) is 11.8 Å². The number of benzene rings is 1. The predicted molar refractivity (Wildman–Crippen MR) is 78.0 cm³/mol. The van der Waals surface area contributed by atoms with E-state index in [4.69, 9.17) is 0 Å². The first kappa shape index (κ1) is 13.8. The van der Waals surface area contributed by atoms with E-state index >= 15 is 0 Å². The van der Waals surface area contributed by atoms with E-state index < -0.39 is 0 Å². The fraction of sp³-hybridized carbons (Fsp3) is 0.462. The number of amides is 1. The molecule has 0 aromatic heterocycles. The molecule has 1 heterocycles. The molecular formula is C13H18N2OS2. The normalized spacial score (nSPS) is 21.0. The first-order valence-electron chi connectivity index (χ1n) is 5.99. The van der Waals surface area contributed by atoms with Crippen molar-refractivity contribution in [1.29, 1.82) is 0 Å². The van der Waals surface area contributed by atoms with Gasteiger partial charge in [0.1, 0.15) is 6.04 Å². The quantitative estimate of drug-likeness (QED) is 0.625. The van der Waals surface area contributed by atoms with Gasteiger partial charge in [-0.3, -0.25) is 9.10 Å². The second-order valence-electron chi connectivity index (χ2n) is 4.62. The van der Waals surface area contributed by atoms with Crippen molar-refractivity contribution in [3.05, 3.63) is 30.3 Å². The highest BCUT2D eigenvalue weighted by atomic mass is 32.2. The Balaban J connectivity index is 1.94. The van der Waals surface area contributed by atoms with Crippen LogP contribution >= 0.6 is 23.9 Å². The molecule has 0 saturated carbocycles. The number of carbonyl (C=O) groups excluding carboxylic acids is 1. The van der Waals surface area contributed by atoms with Crippen molar-refractivity contribution < 1.29 is 4.79 Å². The van der Waals surface area contributed by atoms with Gasteiger partial charge in [0, 0.05) is 24.1 Å². The van der Waals surface area contributed by atoms with Crippen LogP contribution in [0.2, 0.25) is 0 Å². The fourth-order valence-electron chi connectivity index (χ4n) is 1.99. The maximum atomic E-state index is 12.2. The van der Waals surface area contributed by atoms with Crippen LogP contribution in [0.3, 0.4) is 0 Å². The number of hydrogen-bond donors (Lipinski definition) is 0. The van der Waals surface area contributed by atoms with Gasteiger partial charge in [0.15, 0.2) is 0 Å². The smallest absolute Gasteiger partial charge is 0.252 e. The van der Waals surface area contributed by atoms with E-state index in [2.05, 4.69) is 30.3 Å². The lowest BCUT2D eigenvalue weighted by molar-refractivity contribution is -0.128. The van der Waals surface area contributed by atoms with Crippen LogP contribution in [0.15, 0.2) is 35.2 Å². The molecule has 0 radical (unpaired) electrons. The third kappa shape index (κ3) is 3.02. The summed E-state index contributed by atoms with van der Waals surface area (Å²) in [5.41, 5.74) is 0. The van der Waals surface area contributed by atoms with Gasteiger partial charge in [-0.05, 0) is 18.1 Å². The number of nitrogens with zero attached hydrogens (tertiary/aromatic N) is 2. The van der Waals surface area contributed by atoms with Crippen LogP contribution < -0.4 is 0 Å². The van der Waals surface area contributed by atoms with Gasteiger partial charge in [0.2, 0.25) is 0 Å². The average Bonchev–Trinajstić information content (AvgIpc) is 2.63. The molecule has 1 atom stereocenters. The number of rotatable bonds is 4. The van der Waals surface area contributed by atoms with Gasteiger partial charge in [-0.25, -0.2) is 4.31 Å². The van der Waals surface area contributed by atoms with Crippen molar-refractivity contribution in [2.45, 2.75) is 24.8 Å². The number of thioether (sulfide) groups is 1. The van der Waals surface area contributed by atoms with Crippen molar-refractivity contribution in [3.63, 3.8) is 0 Å². The van der Waals surface area contributed by atoms with Gasteiger partial charge < -0.3 is 0 Å². The molecule has 1 aliphatic heterocycles. The maximum absolute atomic E-state index is 12.2. The fourth-order valence-corrected chi connectivity index (χ4v) is 4.02. The van der Waals surface area contributed by atoms with Crippen LogP contribution in [0, 0.1) is 5.92 Å². The lowest BCUT2D eigenvalue weighted by Crippen LogP contribution is -2.35. The summed E-state index contributed by atoms with van der Waals surface area (Å²) in [7, 11) is 1.99. The largest absolute Gasteiger partial charge is 0.272 e. The zero-order valence-corrected chi connectivity index (χ0v) is 12.5. The molecule has 3 nitrogen and oxygen atoms in total. The number of hydrogen-bond acceptors (Lipinski definition) is 4. The van der Waals surface area contributed by atoms with Crippen molar-refractivity contribution in [2.75, 3.05) is 12.9 Å². The molecule has 1 fully saturated rings. The minimum atomic E-state index is 0.00590. The molecule has 1 saturated heterocycles. The summed E-state index contributed by atoms with van der Waals surface area (Å²) >= 11 is 3.22. The summed E-state index contributed by atoms with van der Waals surface area (Å²) in [5, 5.41) is 0. The summed E-state index contributed by atoms with van der Waals surface area (Å²) < 4.78 is 3.90. The second-order valence-corrected chi connectivity index (χ2v) is 6.82. The molecule has 1 aromatic carbocycles. The molecule has 18 heavy (non-hydrogen) atoms.